The van der Waals surface area contributed by atoms with Crippen LogP contribution in [-0.4, -0.2) is 28.0 Å². The van der Waals surface area contributed by atoms with Gasteiger partial charge in [0.25, 0.3) is 11.8 Å². The zero-order valence-corrected chi connectivity index (χ0v) is 18.2. The molecular formula is C23H15ClN2O5S. The lowest BCUT2D eigenvalue weighted by atomic mass is 10.1. The SMILES string of the molecule is Cc1ccc(N2C(=O)/C(=C/c3ccc(-c4ccccc4C(=O)O)o3)C(=O)NC2=S)cc1Cl. The highest BCUT2D eigenvalue weighted by molar-refractivity contribution is 7.80. The van der Waals surface area contributed by atoms with Crippen LogP contribution in [0.15, 0.2) is 64.6 Å². The molecular weight excluding hydrogens is 452 g/mol. The van der Waals surface area contributed by atoms with E-state index in [2.05, 4.69) is 5.32 Å². The molecule has 0 radical (unpaired) electrons. The third-order valence-corrected chi connectivity index (χ3v) is 5.54. The summed E-state index contributed by atoms with van der Waals surface area (Å²) in [5.41, 5.74) is 1.50. The summed E-state index contributed by atoms with van der Waals surface area (Å²) in [5.74, 6) is -1.91. The van der Waals surface area contributed by atoms with Crippen LogP contribution in [0.2, 0.25) is 5.02 Å². The van der Waals surface area contributed by atoms with Gasteiger partial charge in [-0.25, -0.2) is 4.79 Å². The number of halogens is 1. The van der Waals surface area contributed by atoms with E-state index in [1.54, 1.807) is 48.5 Å². The maximum Gasteiger partial charge on any atom is 0.336 e. The number of aryl methyl sites for hydroxylation is 1. The number of aromatic carboxylic acids is 1. The molecule has 7 nitrogen and oxygen atoms in total. The van der Waals surface area contributed by atoms with Crippen molar-refractivity contribution in [1.82, 2.24) is 5.32 Å². The molecule has 0 unspecified atom stereocenters. The van der Waals surface area contributed by atoms with E-state index in [4.69, 9.17) is 28.2 Å². The second-order valence-electron chi connectivity index (χ2n) is 6.94. The van der Waals surface area contributed by atoms with Crippen molar-refractivity contribution in [2.75, 3.05) is 4.90 Å². The van der Waals surface area contributed by atoms with Crippen molar-refractivity contribution < 1.29 is 23.9 Å². The molecule has 2 heterocycles. The van der Waals surface area contributed by atoms with Crippen LogP contribution in [0, 0.1) is 6.92 Å². The van der Waals surface area contributed by atoms with Crippen LogP contribution < -0.4 is 10.2 Å². The number of thiocarbonyl (C=S) groups is 1. The summed E-state index contributed by atoms with van der Waals surface area (Å²) in [6, 6.07) is 14.5. The number of furan rings is 1. The second kappa shape index (κ2) is 8.41. The predicted octanol–water partition coefficient (Wildman–Crippen LogP) is 4.44. The van der Waals surface area contributed by atoms with Crippen molar-refractivity contribution in [2.45, 2.75) is 6.92 Å². The van der Waals surface area contributed by atoms with E-state index in [1.807, 2.05) is 6.92 Å². The molecule has 0 saturated carbocycles. The van der Waals surface area contributed by atoms with E-state index in [0.29, 0.717) is 16.3 Å². The van der Waals surface area contributed by atoms with E-state index < -0.39 is 17.8 Å². The smallest absolute Gasteiger partial charge is 0.336 e. The van der Waals surface area contributed by atoms with Gasteiger partial charge in [-0.05, 0) is 61.1 Å². The topological polar surface area (TPSA) is 99.8 Å². The number of anilines is 1. The number of nitrogens with one attached hydrogen (secondary N) is 1. The number of benzene rings is 2. The third kappa shape index (κ3) is 3.93. The van der Waals surface area contributed by atoms with E-state index >= 15 is 0 Å². The molecule has 0 spiro atoms. The minimum absolute atomic E-state index is 0.0624. The van der Waals surface area contributed by atoms with Gasteiger partial charge < -0.3 is 9.52 Å². The number of carbonyl (C=O) groups excluding carboxylic acids is 2. The number of amides is 2. The minimum atomic E-state index is -1.10. The van der Waals surface area contributed by atoms with E-state index in [1.165, 1.54) is 17.0 Å². The summed E-state index contributed by atoms with van der Waals surface area (Å²) in [6.45, 7) is 1.83. The van der Waals surface area contributed by atoms with E-state index in [9.17, 15) is 19.5 Å². The Morgan fingerprint density at radius 3 is 2.62 bits per heavy atom. The largest absolute Gasteiger partial charge is 0.478 e. The number of hydrogen-bond donors (Lipinski definition) is 2. The molecule has 1 aliphatic rings. The van der Waals surface area contributed by atoms with Gasteiger partial charge in [0.2, 0.25) is 0 Å². The van der Waals surface area contributed by atoms with Gasteiger partial charge in [-0.3, -0.25) is 19.8 Å². The van der Waals surface area contributed by atoms with Gasteiger partial charge >= 0.3 is 5.97 Å². The number of carboxylic acid groups (broad SMARTS) is 1. The average Bonchev–Trinajstić information content (AvgIpc) is 3.22. The lowest BCUT2D eigenvalue weighted by molar-refractivity contribution is -0.122. The number of rotatable bonds is 4. The highest BCUT2D eigenvalue weighted by Gasteiger charge is 2.35. The van der Waals surface area contributed by atoms with Crippen molar-refractivity contribution in [3.8, 4) is 11.3 Å². The highest BCUT2D eigenvalue weighted by Crippen LogP contribution is 2.29. The van der Waals surface area contributed by atoms with Gasteiger partial charge in [0.05, 0.1) is 11.3 Å². The molecule has 2 aromatic carbocycles. The first kappa shape index (κ1) is 21.5. The summed E-state index contributed by atoms with van der Waals surface area (Å²) in [5, 5.41) is 12.3. The fourth-order valence-electron chi connectivity index (χ4n) is 3.21. The molecule has 1 fully saturated rings. The molecule has 1 aliphatic heterocycles. The molecule has 2 N–H and O–H groups in total. The van der Waals surface area contributed by atoms with Crippen molar-refractivity contribution in [3.05, 3.63) is 82.1 Å². The predicted molar refractivity (Wildman–Crippen MR) is 123 cm³/mol. The van der Waals surface area contributed by atoms with Gasteiger partial charge in [-0.1, -0.05) is 35.9 Å². The zero-order valence-electron chi connectivity index (χ0n) is 16.6. The molecule has 4 rings (SSSR count). The first-order valence-corrected chi connectivity index (χ1v) is 10.1. The summed E-state index contributed by atoms with van der Waals surface area (Å²) in [6.07, 6.45) is 1.29. The van der Waals surface area contributed by atoms with Gasteiger partial charge in [-0.2, -0.15) is 0 Å². The van der Waals surface area contributed by atoms with Crippen LogP contribution in [-0.2, 0) is 9.59 Å². The summed E-state index contributed by atoms with van der Waals surface area (Å²) in [4.78, 5) is 38.2. The molecule has 0 bridgehead atoms. The molecule has 0 atom stereocenters. The Morgan fingerprint density at radius 2 is 1.91 bits per heavy atom. The number of nitrogens with zero attached hydrogens (tertiary/aromatic N) is 1. The standard InChI is InChI=1S/C23H15ClN2O5S/c1-12-6-7-13(10-18(12)24)26-21(28)17(20(27)25-23(26)32)11-14-8-9-19(31-14)15-4-2-3-5-16(15)22(29)30/h2-11H,1H3,(H,29,30)(H,25,27,32)/b17-11+. The Bertz CT molecular complexity index is 1330. The summed E-state index contributed by atoms with van der Waals surface area (Å²) >= 11 is 11.4. The number of carboxylic acids is 1. The first-order valence-electron chi connectivity index (χ1n) is 9.36. The molecule has 9 heteroatoms. The lowest BCUT2D eigenvalue weighted by Gasteiger charge is -2.29. The molecule has 2 amide bonds. The molecule has 3 aromatic rings. The van der Waals surface area contributed by atoms with Crippen molar-refractivity contribution in [1.29, 1.82) is 0 Å². The van der Waals surface area contributed by atoms with Crippen molar-refractivity contribution in [3.63, 3.8) is 0 Å². The summed E-state index contributed by atoms with van der Waals surface area (Å²) in [7, 11) is 0. The van der Waals surface area contributed by atoms with Gasteiger partial charge in [0.1, 0.15) is 17.1 Å². The van der Waals surface area contributed by atoms with Crippen molar-refractivity contribution in [2.24, 2.45) is 0 Å². The lowest BCUT2D eigenvalue weighted by Crippen LogP contribution is -2.54. The van der Waals surface area contributed by atoms with Crippen LogP contribution in [0.1, 0.15) is 21.7 Å². The van der Waals surface area contributed by atoms with Crippen LogP contribution in [0.5, 0.6) is 0 Å². The van der Waals surface area contributed by atoms with E-state index in [-0.39, 0.29) is 27.8 Å². The molecule has 160 valence electrons. The summed E-state index contributed by atoms with van der Waals surface area (Å²) < 4.78 is 5.72. The quantitative estimate of drug-likeness (QED) is 0.335. The number of hydrogen-bond acceptors (Lipinski definition) is 5. The maximum atomic E-state index is 13.1. The van der Waals surface area contributed by atoms with Gasteiger partial charge in [0, 0.05) is 10.6 Å². The van der Waals surface area contributed by atoms with Crippen LogP contribution >= 0.6 is 23.8 Å². The third-order valence-electron chi connectivity index (χ3n) is 4.85. The molecule has 1 aromatic heterocycles. The minimum Gasteiger partial charge on any atom is -0.478 e. The monoisotopic (exact) mass is 466 g/mol. The Morgan fingerprint density at radius 1 is 1.16 bits per heavy atom. The fraction of sp³-hybridized carbons (Fsp3) is 0.0435. The fourth-order valence-corrected chi connectivity index (χ4v) is 3.67. The van der Waals surface area contributed by atoms with E-state index in [0.717, 1.165) is 5.56 Å². The van der Waals surface area contributed by atoms with Crippen LogP contribution in [0.25, 0.3) is 17.4 Å². The first-order chi connectivity index (χ1) is 15.3. The molecule has 0 aliphatic carbocycles. The van der Waals surface area contributed by atoms with Crippen LogP contribution in [0.4, 0.5) is 5.69 Å². The molecule has 32 heavy (non-hydrogen) atoms. The maximum absolute atomic E-state index is 13.1. The Hall–Kier alpha value is -3.75. The molecule has 1 saturated heterocycles. The van der Waals surface area contributed by atoms with Crippen LogP contribution in [0.3, 0.4) is 0 Å². The number of carbonyl (C=O) groups is 3. The Labute approximate surface area is 192 Å². The average molecular weight is 467 g/mol. The van der Waals surface area contributed by atoms with Gasteiger partial charge in [-0.15, -0.1) is 0 Å². The van der Waals surface area contributed by atoms with Gasteiger partial charge in [0.15, 0.2) is 5.11 Å². The second-order valence-corrected chi connectivity index (χ2v) is 7.74. The Balaban J connectivity index is 1.70. The normalized spacial score (nSPS) is 15.2. The zero-order chi connectivity index (χ0) is 23.0. The van der Waals surface area contributed by atoms with Crippen molar-refractivity contribution >= 4 is 58.5 Å². The highest BCUT2D eigenvalue weighted by atomic mass is 35.5. The Kier molecular flexibility index (Phi) is 5.65.